The molecule has 2 aromatic carbocycles. The van der Waals surface area contributed by atoms with Gasteiger partial charge in [-0.25, -0.2) is 4.98 Å². The molecule has 1 N–H and O–H groups in total. The molecule has 26 heavy (non-hydrogen) atoms. The second kappa shape index (κ2) is 6.59. The number of aromatic nitrogens is 1. The van der Waals surface area contributed by atoms with Crippen molar-refractivity contribution in [2.45, 2.75) is 13.8 Å². The van der Waals surface area contributed by atoms with E-state index < -0.39 is 0 Å². The van der Waals surface area contributed by atoms with E-state index in [1.54, 1.807) is 24.3 Å². The second-order valence-electron chi connectivity index (χ2n) is 6.02. The Labute approximate surface area is 159 Å². The van der Waals surface area contributed by atoms with Gasteiger partial charge >= 0.3 is 0 Å². The zero-order chi connectivity index (χ0) is 18.3. The van der Waals surface area contributed by atoms with Crippen molar-refractivity contribution in [2.24, 2.45) is 0 Å². The zero-order valence-corrected chi connectivity index (χ0v) is 15.7. The van der Waals surface area contributed by atoms with E-state index in [-0.39, 0.29) is 11.7 Å². The van der Waals surface area contributed by atoms with E-state index in [1.165, 1.54) is 11.3 Å². The average Bonchev–Trinajstić information content (AvgIpc) is 3.27. The molecule has 0 bridgehead atoms. The summed E-state index contributed by atoms with van der Waals surface area (Å²) in [7, 11) is 0. The van der Waals surface area contributed by atoms with Crippen LogP contribution in [0.3, 0.4) is 0 Å². The summed E-state index contributed by atoms with van der Waals surface area (Å²) in [6, 6.07) is 14.8. The number of nitrogens with one attached hydrogen (secondary N) is 1. The molecule has 1 amide bonds. The maximum absolute atomic E-state index is 12.5. The minimum Gasteiger partial charge on any atom is -0.451 e. The summed E-state index contributed by atoms with van der Waals surface area (Å²) in [6.45, 7) is 4.05. The molecule has 4 nitrogen and oxygen atoms in total. The van der Waals surface area contributed by atoms with Gasteiger partial charge in [0.2, 0.25) is 0 Å². The summed E-state index contributed by atoms with van der Waals surface area (Å²) in [5.74, 6) is 0.532. The number of carbonyl (C=O) groups is 1. The Hall–Kier alpha value is -2.63. The number of nitrogens with zero attached hydrogens (tertiary/aromatic N) is 1. The van der Waals surface area contributed by atoms with Crippen molar-refractivity contribution >= 4 is 44.2 Å². The fraction of sp³-hybridized carbons (Fsp3) is 0.100. The van der Waals surface area contributed by atoms with Gasteiger partial charge in [0.15, 0.2) is 10.9 Å². The number of halogens is 1. The number of hydrogen-bond donors (Lipinski definition) is 1. The highest BCUT2D eigenvalue weighted by atomic mass is 35.5. The second-order valence-corrected chi connectivity index (χ2v) is 7.46. The summed E-state index contributed by atoms with van der Waals surface area (Å²) in [5, 5.41) is 4.04. The molecule has 0 radical (unpaired) electrons. The standard InChI is InChI=1S/C20H15ClN2O2S/c1-11-3-4-12(2)18-17(11)22-20(26-18)23-19(24)16-10-9-15(25-16)13-5-7-14(21)8-6-13/h3-10H,1-2H3,(H,22,23,24). The summed E-state index contributed by atoms with van der Waals surface area (Å²) in [6.07, 6.45) is 0. The Morgan fingerprint density at radius 3 is 2.50 bits per heavy atom. The van der Waals surface area contributed by atoms with Crippen molar-refractivity contribution in [3.8, 4) is 11.3 Å². The molecule has 6 heteroatoms. The number of carbonyl (C=O) groups excluding carboxylic acids is 1. The SMILES string of the molecule is Cc1ccc(C)c2sc(NC(=O)c3ccc(-c4ccc(Cl)cc4)o3)nc12. The molecule has 4 aromatic rings. The first-order valence-electron chi connectivity index (χ1n) is 8.05. The van der Waals surface area contributed by atoms with Crippen LogP contribution in [0, 0.1) is 13.8 Å². The van der Waals surface area contributed by atoms with Crippen LogP contribution in [0.4, 0.5) is 5.13 Å². The molecule has 0 saturated heterocycles. The van der Waals surface area contributed by atoms with Crippen LogP contribution >= 0.6 is 22.9 Å². The van der Waals surface area contributed by atoms with Gasteiger partial charge in [-0.15, -0.1) is 0 Å². The van der Waals surface area contributed by atoms with Crippen LogP contribution in [0.1, 0.15) is 21.7 Å². The Morgan fingerprint density at radius 1 is 1.04 bits per heavy atom. The van der Waals surface area contributed by atoms with Gasteiger partial charge in [0, 0.05) is 10.6 Å². The molecule has 130 valence electrons. The minimum atomic E-state index is -0.320. The van der Waals surface area contributed by atoms with Crippen molar-refractivity contribution in [1.29, 1.82) is 0 Å². The van der Waals surface area contributed by atoms with Gasteiger partial charge in [0.25, 0.3) is 5.91 Å². The lowest BCUT2D eigenvalue weighted by atomic mass is 10.1. The highest BCUT2D eigenvalue weighted by Crippen LogP contribution is 2.31. The van der Waals surface area contributed by atoms with Crippen molar-refractivity contribution in [1.82, 2.24) is 4.98 Å². The lowest BCUT2D eigenvalue weighted by Crippen LogP contribution is -2.10. The summed E-state index contributed by atoms with van der Waals surface area (Å²) in [5.41, 5.74) is 4.02. The van der Waals surface area contributed by atoms with E-state index in [2.05, 4.69) is 16.4 Å². The third kappa shape index (κ3) is 3.11. The number of hydrogen-bond acceptors (Lipinski definition) is 4. The van der Waals surface area contributed by atoms with Crippen molar-refractivity contribution in [3.63, 3.8) is 0 Å². The van der Waals surface area contributed by atoms with E-state index in [0.29, 0.717) is 15.9 Å². The van der Waals surface area contributed by atoms with Gasteiger partial charge in [-0.2, -0.15) is 0 Å². The van der Waals surface area contributed by atoms with Gasteiger partial charge in [-0.05, 0) is 61.4 Å². The van der Waals surface area contributed by atoms with Crippen LogP contribution in [-0.2, 0) is 0 Å². The largest absolute Gasteiger partial charge is 0.451 e. The average molecular weight is 383 g/mol. The molecule has 0 aliphatic heterocycles. The number of rotatable bonds is 3. The Morgan fingerprint density at radius 2 is 1.77 bits per heavy atom. The van der Waals surface area contributed by atoms with Gasteiger partial charge in [-0.3, -0.25) is 10.1 Å². The summed E-state index contributed by atoms with van der Waals surface area (Å²) in [4.78, 5) is 17.0. The van der Waals surface area contributed by atoms with Crippen molar-refractivity contribution < 1.29 is 9.21 Å². The molecule has 2 aromatic heterocycles. The van der Waals surface area contributed by atoms with Crippen molar-refractivity contribution in [2.75, 3.05) is 5.32 Å². The quantitative estimate of drug-likeness (QED) is 0.467. The number of anilines is 1. The fourth-order valence-corrected chi connectivity index (χ4v) is 3.83. The lowest BCUT2D eigenvalue weighted by Gasteiger charge is -1.99. The molecule has 0 unspecified atom stereocenters. The highest BCUT2D eigenvalue weighted by molar-refractivity contribution is 7.22. The fourth-order valence-electron chi connectivity index (χ4n) is 2.70. The third-order valence-electron chi connectivity index (χ3n) is 4.12. The molecule has 0 atom stereocenters. The predicted molar refractivity (Wildman–Crippen MR) is 106 cm³/mol. The normalized spacial score (nSPS) is 11.0. The first-order valence-corrected chi connectivity index (χ1v) is 9.24. The van der Waals surface area contributed by atoms with E-state index in [4.69, 9.17) is 16.0 Å². The van der Waals surface area contributed by atoms with Gasteiger partial charge < -0.3 is 4.42 Å². The van der Waals surface area contributed by atoms with Crippen LogP contribution in [0.25, 0.3) is 21.5 Å². The van der Waals surface area contributed by atoms with E-state index in [9.17, 15) is 4.79 Å². The number of fused-ring (bicyclic) bond motifs is 1. The van der Waals surface area contributed by atoms with Gasteiger partial charge in [0.05, 0.1) is 10.2 Å². The molecule has 2 heterocycles. The predicted octanol–water partition coefficient (Wildman–Crippen LogP) is 6.08. The maximum Gasteiger partial charge on any atom is 0.293 e. The van der Waals surface area contributed by atoms with Crippen LogP contribution in [0.5, 0.6) is 0 Å². The Bertz CT molecular complexity index is 1070. The third-order valence-corrected chi connectivity index (χ3v) is 5.48. The first-order chi connectivity index (χ1) is 12.5. The van der Waals surface area contributed by atoms with E-state index in [0.717, 1.165) is 26.9 Å². The first kappa shape index (κ1) is 16.8. The molecular formula is C20H15ClN2O2S. The highest BCUT2D eigenvalue weighted by Gasteiger charge is 2.16. The molecule has 0 aliphatic carbocycles. The molecule has 0 fully saturated rings. The van der Waals surface area contributed by atoms with Crippen LogP contribution in [-0.4, -0.2) is 10.9 Å². The van der Waals surface area contributed by atoms with Gasteiger partial charge in [-0.1, -0.05) is 35.1 Å². The number of amides is 1. The van der Waals surface area contributed by atoms with E-state index >= 15 is 0 Å². The van der Waals surface area contributed by atoms with Gasteiger partial charge in [0.1, 0.15) is 5.76 Å². The van der Waals surface area contributed by atoms with Crippen LogP contribution in [0.2, 0.25) is 5.02 Å². The molecule has 0 aliphatic rings. The Balaban J connectivity index is 1.58. The van der Waals surface area contributed by atoms with E-state index in [1.807, 2.05) is 32.0 Å². The van der Waals surface area contributed by atoms with Crippen molar-refractivity contribution in [3.05, 3.63) is 70.4 Å². The minimum absolute atomic E-state index is 0.239. The monoisotopic (exact) mass is 382 g/mol. The number of thiazole rings is 1. The Kier molecular flexibility index (Phi) is 4.26. The van der Waals surface area contributed by atoms with Crippen LogP contribution < -0.4 is 5.32 Å². The summed E-state index contributed by atoms with van der Waals surface area (Å²) >= 11 is 7.37. The molecular weight excluding hydrogens is 368 g/mol. The number of benzene rings is 2. The maximum atomic E-state index is 12.5. The lowest BCUT2D eigenvalue weighted by molar-refractivity contribution is 0.0997. The molecule has 0 saturated carbocycles. The number of furan rings is 1. The smallest absolute Gasteiger partial charge is 0.293 e. The molecule has 4 rings (SSSR count). The zero-order valence-electron chi connectivity index (χ0n) is 14.2. The van der Waals surface area contributed by atoms with Crippen LogP contribution in [0.15, 0.2) is 52.9 Å². The summed E-state index contributed by atoms with van der Waals surface area (Å²) < 4.78 is 6.77. The number of aryl methyl sites for hydroxylation is 2. The molecule has 0 spiro atoms. The topological polar surface area (TPSA) is 55.1 Å².